The summed E-state index contributed by atoms with van der Waals surface area (Å²) in [5, 5.41) is 56.5. The average molecular weight is 929 g/mol. The zero-order chi connectivity index (χ0) is 45.8. The zero-order valence-electron chi connectivity index (χ0n) is 37.5. The summed E-state index contributed by atoms with van der Waals surface area (Å²) in [5.41, 5.74) is 0. The van der Waals surface area contributed by atoms with E-state index in [0.29, 0.717) is 0 Å². The van der Waals surface area contributed by atoms with E-state index in [-0.39, 0.29) is 72.0 Å². The van der Waals surface area contributed by atoms with Gasteiger partial charge in [0.25, 0.3) is 0 Å². The molecule has 368 valence electrons. The molecule has 16 nitrogen and oxygen atoms in total. The summed E-state index contributed by atoms with van der Waals surface area (Å²) in [6.45, 7) is 0. The van der Waals surface area contributed by atoms with E-state index >= 15 is 35.1 Å². The highest BCUT2D eigenvalue weighted by Crippen LogP contribution is 2.49. The smallest absolute Gasteiger partial charge is 0.165 e. The van der Waals surface area contributed by atoms with Gasteiger partial charge < -0.3 is 42.5 Å². The number of hydrogen-bond acceptors (Lipinski definition) is 16. The first-order valence-corrected chi connectivity index (χ1v) is 23.3. The Morgan fingerprint density at radius 3 is 0.484 bits per heavy atom. The molecule has 5 heterocycles. The van der Waals surface area contributed by atoms with E-state index in [1.165, 1.54) is 0 Å². The molecule has 4 saturated carbocycles. The fourth-order valence-corrected chi connectivity index (χ4v) is 15.2. The van der Waals surface area contributed by atoms with Crippen LogP contribution in [-0.2, 0) is 0 Å². The van der Waals surface area contributed by atoms with Crippen molar-refractivity contribution >= 4 is 0 Å². The van der Waals surface area contributed by atoms with Crippen molar-refractivity contribution in [1.82, 2.24) is 85.1 Å². The van der Waals surface area contributed by atoms with Gasteiger partial charge in [-0.05, 0) is 56.4 Å². The molecule has 64 heavy (non-hydrogen) atoms. The molecule has 0 aromatic carbocycles. The molecule has 0 aromatic rings. The Balaban J connectivity index is 1.19. The summed E-state index contributed by atoms with van der Waals surface area (Å²) >= 11 is 0. The third-order valence-electron chi connectivity index (χ3n) is 17.7. The van der Waals surface area contributed by atoms with Crippen molar-refractivity contribution in [1.29, 1.82) is 0 Å². The Morgan fingerprint density at radius 1 is 0.203 bits per heavy atom. The highest BCUT2D eigenvalue weighted by atomic mass is 19.2. The third kappa shape index (κ3) is 7.12. The zero-order valence-corrected chi connectivity index (χ0v) is 37.5. The lowest BCUT2D eigenvalue weighted by Gasteiger charge is -2.53. The minimum absolute atomic E-state index is 0.108. The highest BCUT2D eigenvalue weighted by molar-refractivity contribution is 5.22. The largest absolute Gasteiger partial charge is 0.315 e. The van der Waals surface area contributed by atoms with Crippen molar-refractivity contribution in [3.8, 4) is 0 Å². The maximum atomic E-state index is 16.5. The van der Waals surface area contributed by atoms with Crippen LogP contribution < -0.4 is 85.1 Å². The minimum atomic E-state index is -2.80. The number of halogens is 8. The highest BCUT2D eigenvalue weighted by Gasteiger charge is 2.68. The van der Waals surface area contributed by atoms with Crippen molar-refractivity contribution in [2.45, 2.75) is 147 Å². The van der Waals surface area contributed by atoms with E-state index in [4.69, 9.17) is 0 Å². The number of hydrogen-bond donors (Lipinski definition) is 16. The van der Waals surface area contributed by atoms with Gasteiger partial charge >= 0.3 is 0 Å². The van der Waals surface area contributed by atoms with Gasteiger partial charge in [0.2, 0.25) is 0 Å². The normalized spacial score (nSPS) is 59.2. The molecule has 16 N–H and O–H groups in total. The van der Waals surface area contributed by atoms with Gasteiger partial charge in [0.15, 0.2) is 24.7 Å². The first kappa shape index (κ1) is 47.8. The van der Waals surface area contributed by atoms with Crippen LogP contribution in [0.1, 0.15) is 0 Å². The second kappa shape index (κ2) is 18.6. The molecule has 24 heteroatoms. The number of alkyl halides is 8. The number of fused-ring (bicyclic) bond motifs is 20. The van der Waals surface area contributed by atoms with Gasteiger partial charge in [-0.15, -0.1) is 0 Å². The molecule has 9 fully saturated rings. The number of likely N-dealkylation sites (N-methyl/N-ethyl adjacent to an activating group) is 8. The van der Waals surface area contributed by atoms with E-state index in [1.54, 1.807) is 0 Å². The van der Waals surface area contributed by atoms with Gasteiger partial charge in [0, 0.05) is 95.7 Å². The molecule has 8 bridgehead atoms. The van der Waals surface area contributed by atoms with E-state index in [0.717, 1.165) is 0 Å². The lowest BCUT2D eigenvalue weighted by Crippen LogP contribution is -2.75. The lowest BCUT2D eigenvalue weighted by molar-refractivity contribution is -0.0872. The quantitative estimate of drug-likeness (QED) is 0.105. The molecule has 0 aromatic heterocycles. The number of rotatable bonds is 8. The van der Waals surface area contributed by atoms with Crippen LogP contribution in [-0.4, -0.2) is 203 Å². The van der Waals surface area contributed by atoms with Crippen LogP contribution in [0.3, 0.4) is 0 Å². The predicted octanol–water partition coefficient (Wildman–Crippen LogP) is -4.23. The molecular formula is C40H72F8N16. The third-order valence-corrected chi connectivity index (χ3v) is 17.7. The van der Waals surface area contributed by atoms with E-state index in [1.807, 2.05) is 56.4 Å². The average Bonchev–Trinajstić information content (AvgIpc) is 4.05. The van der Waals surface area contributed by atoms with Gasteiger partial charge in [-0.3, -0.25) is 42.5 Å². The van der Waals surface area contributed by atoms with E-state index in [9.17, 15) is 0 Å². The molecule has 9 aliphatic rings. The van der Waals surface area contributed by atoms with Gasteiger partial charge in [0.05, 0.1) is 49.3 Å². The van der Waals surface area contributed by atoms with Gasteiger partial charge in [-0.25, -0.2) is 35.1 Å². The molecule has 5 saturated heterocycles. The molecule has 9 rings (SSSR count). The topological polar surface area (TPSA) is 192 Å². The van der Waals surface area contributed by atoms with Crippen molar-refractivity contribution in [3.63, 3.8) is 0 Å². The molecular weight excluding hydrogens is 857 g/mol. The van der Waals surface area contributed by atoms with E-state index in [2.05, 4.69) is 85.1 Å². The first-order chi connectivity index (χ1) is 30.7. The van der Waals surface area contributed by atoms with Gasteiger partial charge in [-0.1, -0.05) is 0 Å². The summed E-state index contributed by atoms with van der Waals surface area (Å²) in [4.78, 5) is 0. The number of nitrogens with one attached hydrogen (secondary N) is 16. The molecule has 5 aliphatic heterocycles. The Hall–Kier alpha value is -1.20. The fourth-order valence-electron chi connectivity index (χ4n) is 15.2. The summed E-state index contributed by atoms with van der Waals surface area (Å²) in [5.74, 6) is -6.95. The van der Waals surface area contributed by atoms with Crippen LogP contribution in [0.25, 0.3) is 0 Å². The summed E-state index contributed by atoms with van der Waals surface area (Å²) in [6.07, 6.45) is -28.3. The van der Waals surface area contributed by atoms with Crippen LogP contribution in [0, 0.1) is 47.3 Å². The lowest BCUT2D eigenvalue weighted by atomic mass is 9.66. The van der Waals surface area contributed by atoms with Crippen LogP contribution in [0.2, 0.25) is 0 Å². The second-order valence-corrected chi connectivity index (χ2v) is 19.8. The van der Waals surface area contributed by atoms with Gasteiger partial charge in [-0.2, -0.15) is 0 Å². The van der Waals surface area contributed by atoms with Gasteiger partial charge in [0.1, 0.15) is 24.7 Å². The Bertz CT molecular complexity index is 1500. The Kier molecular flexibility index (Phi) is 13.9. The molecule has 0 spiro atoms. The SMILES string of the molecule is CNC1C(NC)C(NC)C2C3NC(NC4NC(NC5NC(NC6NC(N3)C3C(NC)C(NC)C(NC)C(NC)C63)C3C(F)C(F)C(F)C(F)C53)C3C(F)C(F)C(F)C(F)C43)C2C1NC. The standard InChI is InChI=1S/C40H72F8N16/c1-49-25-13-15(27(51-3)31(55-7)29(25)53-5)39-62-37(13)60-35-11-9(17(41)21(45)23(47)19(11)43)33(58-35)57-34-10-12(20(44)24(48)22(46)18(10)42)36(59-34)61-38-14-16(40(63-38)64-39)28(52-4)32(56-8)30(54-6)26(14)50-2/h9-40,49-64H,1-8H3. The summed E-state index contributed by atoms with van der Waals surface area (Å²) in [7, 11) is 15.1. The maximum Gasteiger partial charge on any atom is 0.165 e. The van der Waals surface area contributed by atoms with Crippen LogP contribution >= 0.6 is 0 Å². The summed E-state index contributed by atoms with van der Waals surface area (Å²) < 4.78 is 128. The van der Waals surface area contributed by atoms with Crippen LogP contribution in [0.5, 0.6) is 0 Å². The maximum absolute atomic E-state index is 16.5. The summed E-state index contributed by atoms with van der Waals surface area (Å²) in [6, 6.07) is -1.31. The van der Waals surface area contributed by atoms with Crippen molar-refractivity contribution in [2.75, 3.05) is 56.4 Å². The van der Waals surface area contributed by atoms with Crippen molar-refractivity contribution in [2.24, 2.45) is 47.3 Å². The monoisotopic (exact) mass is 929 g/mol. The van der Waals surface area contributed by atoms with Crippen LogP contribution in [0.15, 0.2) is 0 Å². The molecule has 32 unspecified atom stereocenters. The molecule has 32 atom stereocenters. The Labute approximate surface area is 370 Å². The molecule has 0 radical (unpaired) electrons. The predicted molar refractivity (Wildman–Crippen MR) is 225 cm³/mol. The minimum Gasteiger partial charge on any atom is -0.315 e. The molecule has 4 aliphatic carbocycles. The second-order valence-electron chi connectivity index (χ2n) is 19.8. The van der Waals surface area contributed by atoms with Crippen molar-refractivity contribution in [3.05, 3.63) is 0 Å². The Morgan fingerprint density at radius 2 is 0.344 bits per heavy atom. The first-order valence-electron chi connectivity index (χ1n) is 23.3. The molecule has 0 amide bonds. The van der Waals surface area contributed by atoms with Crippen LogP contribution in [0.4, 0.5) is 35.1 Å². The van der Waals surface area contributed by atoms with Crippen molar-refractivity contribution < 1.29 is 35.1 Å². The van der Waals surface area contributed by atoms with E-state index < -0.39 is 122 Å². The fraction of sp³-hybridized carbons (Fsp3) is 1.00.